The van der Waals surface area contributed by atoms with Gasteiger partial charge in [-0.05, 0) is 30.4 Å². The SMILES string of the molecule is Cc1ccc(O)c(C=NNC(=S)Nc2ccccc2)[n+]1C. The molecule has 0 saturated heterocycles. The van der Waals surface area contributed by atoms with Gasteiger partial charge >= 0.3 is 0 Å². The van der Waals surface area contributed by atoms with E-state index in [1.165, 1.54) is 6.21 Å². The highest BCUT2D eigenvalue weighted by Gasteiger charge is 2.12. The lowest BCUT2D eigenvalue weighted by Crippen LogP contribution is -2.37. The van der Waals surface area contributed by atoms with Crippen LogP contribution in [0.3, 0.4) is 0 Å². The van der Waals surface area contributed by atoms with E-state index in [4.69, 9.17) is 12.2 Å². The average Bonchev–Trinajstić information content (AvgIpc) is 2.48. The summed E-state index contributed by atoms with van der Waals surface area (Å²) in [5, 5.41) is 17.3. The van der Waals surface area contributed by atoms with E-state index in [1.807, 2.05) is 54.9 Å². The number of anilines is 1. The van der Waals surface area contributed by atoms with Gasteiger partial charge in [-0.3, -0.25) is 5.43 Å². The zero-order valence-electron chi connectivity index (χ0n) is 11.9. The molecular weight excluding hydrogens is 284 g/mol. The molecule has 108 valence electrons. The van der Waals surface area contributed by atoms with E-state index in [1.54, 1.807) is 6.07 Å². The lowest BCUT2D eigenvalue weighted by molar-refractivity contribution is -0.678. The lowest BCUT2D eigenvalue weighted by atomic mass is 10.3. The number of hydrogen-bond acceptors (Lipinski definition) is 3. The first-order valence-electron chi connectivity index (χ1n) is 6.41. The fourth-order valence-electron chi connectivity index (χ4n) is 1.74. The molecule has 21 heavy (non-hydrogen) atoms. The van der Waals surface area contributed by atoms with Crippen LogP contribution in [-0.2, 0) is 7.05 Å². The fourth-order valence-corrected chi connectivity index (χ4v) is 1.91. The van der Waals surface area contributed by atoms with Gasteiger partial charge < -0.3 is 10.4 Å². The van der Waals surface area contributed by atoms with Crippen LogP contribution in [0.15, 0.2) is 47.6 Å². The maximum Gasteiger partial charge on any atom is 0.267 e. The summed E-state index contributed by atoms with van der Waals surface area (Å²) in [4.78, 5) is 0. The summed E-state index contributed by atoms with van der Waals surface area (Å²) in [5.41, 5.74) is 5.22. The minimum Gasteiger partial charge on any atom is -0.502 e. The van der Waals surface area contributed by atoms with Crippen molar-refractivity contribution in [1.82, 2.24) is 5.43 Å². The molecule has 3 N–H and O–H groups in total. The monoisotopic (exact) mass is 301 g/mol. The highest BCUT2D eigenvalue weighted by atomic mass is 32.1. The van der Waals surface area contributed by atoms with Gasteiger partial charge in [-0.2, -0.15) is 9.67 Å². The summed E-state index contributed by atoms with van der Waals surface area (Å²) in [6.45, 7) is 1.95. The molecule has 0 bridgehead atoms. The Hall–Kier alpha value is -2.47. The quantitative estimate of drug-likeness (QED) is 0.350. The van der Waals surface area contributed by atoms with E-state index < -0.39 is 0 Å². The average molecular weight is 301 g/mol. The van der Waals surface area contributed by atoms with Crippen molar-refractivity contribution in [3.63, 3.8) is 0 Å². The molecule has 0 fully saturated rings. The minimum atomic E-state index is 0.163. The molecule has 0 atom stereocenters. The van der Waals surface area contributed by atoms with Gasteiger partial charge in [0.05, 0.1) is 0 Å². The molecule has 2 aromatic rings. The van der Waals surface area contributed by atoms with E-state index in [0.717, 1.165) is 11.4 Å². The number of hydrogen-bond donors (Lipinski definition) is 3. The van der Waals surface area contributed by atoms with Crippen LogP contribution in [0, 0.1) is 6.92 Å². The molecule has 2 rings (SSSR count). The van der Waals surface area contributed by atoms with Crippen LogP contribution >= 0.6 is 12.2 Å². The van der Waals surface area contributed by atoms with E-state index in [2.05, 4.69) is 15.8 Å². The molecule has 5 nitrogen and oxygen atoms in total. The number of benzene rings is 1. The van der Waals surface area contributed by atoms with Gasteiger partial charge in [0.1, 0.15) is 13.3 Å². The molecule has 0 aliphatic carbocycles. The molecule has 0 aliphatic rings. The van der Waals surface area contributed by atoms with Gasteiger partial charge in [0, 0.05) is 18.7 Å². The Morgan fingerprint density at radius 3 is 2.67 bits per heavy atom. The van der Waals surface area contributed by atoms with E-state index in [-0.39, 0.29) is 5.75 Å². The number of aromatic hydroxyl groups is 1. The third-order valence-electron chi connectivity index (χ3n) is 3.02. The number of pyridine rings is 1. The van der Waals surface area contributed by atoms with E-state index in [9.17, 15) is 5.11 Å². The van der Waals surface area contributed by atoms with Gasteiger partial charge in [0.25, 0.3) is 5.69 Å². The van der Waals surface area contributed by atoms with Crippen LogP contribution in [0.1, 0.15) is 11.4 Å². The topological polar surface area (TPSA) is 60.5 Å². The van der Waals surface area contributed by atoms with E-state index in [0.29, 0.717) is 10.8 Å². The third-order valence-corrected chi connectivity index (χ3v) is 3.21. The van der Waals surface area contributed by atoms with Crippen molar-refractivity contribution in [2.45, 2.75) is 6.92 Å². The molecule has 0 unspecified atom stereocenters. The van der Waals surface area contributed by atoms with Crippen LogP contribution in [0.25, 0.3) is 0 Å². The second kappa shape index (κ2) is 6.81. The van der Waals surface area contributed by atoms with Crippen LogP contribution in [0.2, 0.25) is 0 Å². The van der Waals surface area contributed by atoms with Gasteiger partial charge in [0.2, 0.25) is 0 Å². The second-order valence-electron chi connectivity index (χ2n) is 4.49. The molecule has 1 aromatic carbocycles. The highest BCUT2D eigenvalue weighted by molar-refractivity contribution is 7.80. The number of aromatic nitrogens is 1. The number of thiocarbonyl (C=S) groups is 1. The number of rotatable bonds is 3. The second-order valence-corrected chi connectivity index (χ2v) is 4.90. The fraction of sp³-hybridized carbons (Fsp3) is 0.133. The number of nitrogens with one attached hydrogen (secondary N) is 2. The lowest BCUT2D eigenvalue weighted by Gasteiger charge is -2.06. The highest BCUT2D eigenvalue weighted by Crippen LogP contribution is 2.10. The van der Waals surface area contributed by atoms with Crippen LogP contribution < -0.4 is 15.3 Å². The molecule has 0 radical (unpaired) electrons. The van der Waals surface area contributed by atoms with Crippen molar-refractivity contribution in [3.05, 3.63) is 53.9 Å². The Morgan fingerprint density at radius 2 is 1.95 bits per heavy atom. The Balaban J connectivity index is 2.00. The standard InChI is InChI=1S/C15H16N4OS/c1-11-8-9-14(20)13(19(11)2)10-16-18-15(21)17-12-6-4-3-5-7-12/h3-10H,1-2H3,(H2,17,20,21)/p+1. The van der Waals surface area contributed by atoms with Crippen LogP contribution in [0.4, 0.5) is 5.69 Å². The maximum absolute atomic E-state index is 9.83. The summed E-state index contributed by atoms with van der Waals surface area (Å²) < 4.78 is 1.84. The first kappa shape index (κ1) is 14.9. The molecule has 1 heterocycles. The number of para-hydroxylation sites is 1. The van der Waals surface area contributed by atoms with Gasteiger partial charge in [-0.1, -0.05) is 18.2 Å². The van der Waals surface area contributed by atoms with Gasteiger partial charge in [-0.25, -0.2) is 0 Å². The van der Waals surface area contributed by atoms with E-state index >= 15 is 0 Å². The summed E-state index contributed by atoms with van der Waals surface area (Å²) in [7, 11) is 1.86. The van der Waals surface area contributed by atoms with Crippen molar-refractivity contribution in [2.75, 3.05) is 5.32 Å². The van der Waals surface area contributed by atoms with Crippen LogP contribution in [-0.4, -0.2) is 16.4 Å². The number of aryl methyl sites for hydroxylation is 1. The minimum absolute atomic E-state index is 0.163. The van der Waals surface area contributed by atoms with Crippen molar-refractivity contribution in [1.29, 1.82) is 0 Å². The molecule has 6 heteroatoms. The Bertz CT molecular complexity index is 671. The number of hydrazone groups is 1. The molecule has 0 spiro atoms. The third kappa shape index (κ3) is 4.00. The van der Waals surface area contributed by atoms with Gasteiger partial charge in [-0.15, -0.1) is 0 Å². The zero-order chi connectivity index (χ0) is 15.2. The number of nitrogens with zero attached hydrogens (tertiary/aromatic N) is 2. The first-order chi connectivity index (χ1) is 10.1. The summed E-state index contributed by atoms with van der Waals surface area (Å²) in [5.74, 6) is 0.163. The van der Waals surface area contributed by atoms with Crippen molar-refractivity contribution >= 4 is 29.2 Å². The first-order valence-corrected chi connectivity index (χ1v) is 6.82. The molecule has 1 aromatic heterocycles. The smallest absolute Gasteiger partial charge is 0.267 e. The molecule has 0 aliphatic heterocycles. The Labute approximate surface area is 128 Å². The van der Waals surface area contributed by atoms with Crippen molar-refractivity contribution in [3.8, 4) is 5.75 Å². The zero-order valence-corrected chi connectivity index (χ0v) is 12.7. The summed E-state index contributed by atoms with van der Waals surface area (Å²) in [6, 6.07) is 13.0. The van der Waals surface area contributed by atoms with Crippen molar-refractivity contribution in [2.24, 2.45) is 12.1 Å². The predicted octanol–water partition coefficient (Wildman–Crippen LogP) is 1.85. The Kier molecular flexibility index (Phi) is 4.84. The van der Waals surface area contributed by atoms with Crippen LogP contribution in [0.5, 0.6) is 5.75 Å². The normalized spacial score (nSPS) is 10.6. The van der Waals surface area contributed by atoms with Gasteiger partial charge in [0.15, 0.2) is 16.6 Å². The molecule has 0 amide bonds. The summed E-state index contributed by atoms with van der Waals surface area (Å²) >= 11 is 5.14. The van der Waals surface area contributed by atoms with Crippen molar-refractivity contribution < 1.29 is 9.67 Å². The molecular formula is C15H17N4OS+. The largest absolute Gasteiger partial charge is 0.502 e. The molecule has 0 saturated carbocycles. The maximum atomic E-state index is 9.83. The summed E-state index contributed by atoms with van der Waals surface area (Å²) in [6.07, 6.45) is 1.53. The predicted molar refractivity (Wildman–Crippen MR) is 87.4 cm³/mol. The Morgan fingerprint density at radius 1 is 1.24 bits per heavy atom.